The number of carbonyl (C=O) groups excluding carboxylic acids is 1. The molecule has 0 radical (unpaired) electrons. The summed E-state index contributed by atoms with van der Waals surface area (Å²) in [4.78, 5) is 13.2. The van der Waals surface area contributed by atoms with Crippen molar-refractivity contribution in [1.82, 2.24) is 4.90 Å². The van der Waals surface area contributed by atoms with E-state index in [1.54, 1.807) is 4.90 Å². The van der Waals surface area contributed by atoms with Gasteiger partial charge in [-0.2, -0.15) is 0 Å². The molecule has 0 rings (SSSR count). The van der Waals surface area contributed by atoms with Gasteiger partial charge >= 0.3 is 0 Å². The Kier molecular flexibility index (Phi) is 9.23. The van der Waals surface area contributed by atoms with E-state index < -0.39 is 0 Å². The first-order valence-electron chi connectivity index (χ1n) is 5.91. The molecule has 0 saturated heterocycles. The van der Waals surface area contributed by atoms with Crippen LogP contribution in [0.3, 0.4) is 0 Å². The summed E-state index contributed by atoms with van der Waals surface area (Å²) in [5, 5.41) is 0. The lowest BCUT2D eigenvalue weighted by Crippen LogP contribution is -2.31. The van der Waals surface area contributed by atoms with Gasteiger partial charge in [0.05, 0.1) is 13.1 Å². The molecule has 16 heavy (non-hydrogen) atoms. The van der Waals surface area contributed by atoms with Gasteiger partial charge in [-0.1, -0.05) is 44.4 Å². The van der Waals surface area contributed by atoms with Crippen molar-refractivity contribution in [2.75, 3.05) is 13.1 Å². The van der Waals surface area contributed by atoms with Crippen LogP contribution in [0.15, 0.2) is 0 Å². The molecule has 0 aliphatic carbocycles. The summed E-state index contributed by atoms with van der Waals surface area (Å²) in [7, 11) is 0. The molecule has 88 valence electrons. The summed E-state index contributed by atoms with van der Waals surface area (Å²) in [6.07, 6.45) is 16.6. The van der Waals surface area contributed by atoms with Crippen LogP contribution in [-0.2, 0) is 4.79 Å². The number of rotatable bonds is 8. The molecule has 2 heteroatoms. The van der Waals surface area contributed by atoms with E-state index in [1.165, 1.54) is 19.3 Å². The molecule has 0 bridgehead atoms. The number of hydrogen-bond donors (Lipinski definition) is 0. The number of terminal acetylenes is 2. The Morgan fingerprint density at radius 1 is 1.06 bits per heavy atom. The summed E-state index contributed by atoms with van der Waals surface area (Å²) in [6, 6.07) is 0. The predicted molar refractivity (Wildman–Crippen MR) is 67.6 cm³/mol. The standard InChI is InChI=1S/C14H21NO/c1-4-7-8-9-10-11-14(16)15(12-5-2)13-6-3/h2-3H,4,7-13H2,1H3. The van der Waals surface area contributed by atoms with Crippen LogP contribution < -0.4 is 0 Å². The molecule has 0 unspecified atom stereocenters. The Hall–Kier alpha value is -1.41. The summed E-state index contributed by atoms with van der Waals surface area (Å²) in [5.41, 5.74) is 0. The van der Waals surface area contributed by atoms with Crippen molar-refractivity contribution in [2.24, 2.45) is 0 Å². The van der Waals surface area contributed by atoms with Gasteiger partial charge < -0.3 is 4.90 Å². The molecule has 0 heterocycles. The molecule has 0 aliphatic rings. The van der Waals surface area contributed by atoms with E-state index in [-0.39, 0.29) is 5.91 Å². The maximum atomic E-state index is 11.7. The van der Waals surface area contributed by atoms with Gasteiger partial charge in [0.15, 0.2) is 0 Å². The first-order chi connectivity index (χ1) is 7.76. The third-order valence-corrected chi connectivity index (χ3v) is 2.41. The molecule has 0 N–H and O–H groups in total. The van der Waals surface area contributed by atoms with Crippen molar-refractivity contribution in [1.29, 1.82) is 0 Å². The van der Waals surface area contributed by atoms with Crippen molar-refractivity contribution in [3.05, 3.63) is 0 Å². The van der Waals surface area contributed by atoms with Gasteiger partial charge in [-0.15, -0.1) is 12.8 Å². The first kappa shape index (κ1) is 14.6. The van der Waals surface area contributed by atoms with E-state index in [9.17, 15) is 4.79 Å². The fraction of sp³-hybridized carbons (Fsp3) is 0.643. The second kappa shape index (κ2) is 10.1. The normalized spacial score (nSPS) is 9.19. The van der Waals surface area contributed by atoms with Crippen LogP contribution in [0.4, 0.5) is 0 Å². The summed E-state index contributed by atoms with van der Waals surface area (Å²) >= 11 is 0. The van der Waals surface area contributed by atoms with Gasteiger partial charge in [0.25, 0.3) is 0 Å². The third kappa shape index (κ3) is 6.96. The van der Waals surface area contributed by atoms with Gasteiger partial charge in [0.2, 0.25) is 5.91 Å². The topological polar surface area (TPSA) is 20.3 Å². The molecule has 0 aliphatic heterocycles. The van der Waals surface area contributed by atoms with E-state index in [2.05, 4.69) is 18.8 Å². The van der Waals surface area contributed by atoms with Crippen molar-refractivity contribution >= 4 is 5.91 Å². The number of hydrogen-bond acceptors (Lipinski definition) is 1. The maximum absolute atomic E-state index is 11.7. The average Bonchev–Trinajstić information content (AvgIpc) is 2.28. The molecule has 0 aromatic heterocycles. The van der Waals surface area contributed by atoms with Gasteiger partial charge in [-0.25, -0.2) is 0 Å². The number of carbonyl (C=O) groups is 1. The van der Waals surface area contributed by atoms with Crippen LogP contribution in [0, 0.1) is 24.7 Å². The lowest BCUT2D eigenvalue weighted by molar-refractivity contribution is -0.130. The highest BCUT2D eigenvalue weighted by molar-refractivity contribution is 5.76. The molecule has 2 nitrogen and oxygen atoms in total. The van der Waals surface area contributed by atoms with E-state index in [0.29, 0.717) is 19.5 Å². The molecule has 0 fully saturated rings. The van der Waals surface area contributed by atoms with E-state index in [4.69, 9.17) is 12.8 Å². The minimum atomic E-state index is 0.0763. The van der Waals surface area contributed by atoms with Gasteiger partial charge in [-0.05, 0) is 6.42 Å². The zero-order chi connectivity index (χ0) is 12.2. The fourth-order valence-electron chi connectivity index (χ4n) is 1.49. The molecule has 0 spiro atoms. The second-order valence-corrected chi connectivity index (χ2v) is 3.82. The molecule has 0 aromatic carbocycles. The van der Waals surface area contributed by atoms with Crippen LogP contribution in [-0.4, -0.2) is 23.9 Å². The van der Waals surface area contributed by atoms with Crippen molar-refractivity contribution in [2.45, 2.75) is 45.4 Å². The lowest BCUT2D eigenvalue weighted by atomic mass is 10.1. The highest BCUT2D eigenvalue weighted by Gasteiger charge is 2.09. The Labute approximate surface area is 99.4 Å². The largest absolute Gasteiger partial charge is 0.320 e. The van der Waals surface area contributed by atoms with Crippen LogP contribution >= 0.6 is 0 Å². The lowest BCUT2D eigenvalue weighted by Gasteiger charge is -2.16. The zero-order valence-electron chi connectivity index (χ0n) is 10.2. The molecule has 0 atom stereocenters. The first-order valence-corrected chi connectivity index (χ1v) is 5.91. The van der Waals surface area contributed by atoms with Gasteiger partial charge in [0, 0.05) is 6.42 Å². The van der Waals surface area contributed by atoms with Crippen molar-refractivity contribution in [3.63, 3.8) is 0 Å². The third-order valence-electron chi connectivity index (χ3n) is 2.41. The average molecular weight is 219 g/mol. The Bertz CT molecular complexity index is 253. The second-order valence-electron chi connectivity index (χ2n) is 3.82. The maximum Gasteiger partial charge on any atom is 0.224 e. The molecular weight excluding hydrogens is 198 g/mol. The minimum Gasteiger partial charge on any atom is -0.320 e. The monoisotopic (exact) mass is 219 g/mol. The van der Waals surface area contributed by atoms with E-state index >= 15 is 0 Å². The van der Waals surface area contributed by atoms with Gasteiger partial charge in [0.1, 0.15) is 0 Å². The SMILES string of the molecule is C#CCN(CC#C)C(=O)CCCCCCC. The Morgan fingerprint density at radius 2 is 1.62 bits per heavy atom. The van der Waals surface area contributed by atoms with Crippen LogP contribution in [0.1, 0.15) is 45.4 Å². The number of nitrogens with zero attached hydrogens (tertiary/aromatic N) is 1. The van der Waals surface area contributed by atoms with Crippen LogP contribution in [0.5, 0.6) is 0 Å². The summed E-state index contributed by atoms with van der Waals surface area (Å²) < 4.78 is 0. The quantitative estimate of drug-likeness (QED) is 0.453. The smallest absolute Gasteiger partial charge is 0.224 e. The highest BCUT2D eigenvalue weighted by atomic mass is 16.2. The zero-order valence-corrected chi connectivity index (χ0v) is 10.2. The molecule has 0 aromatic rings. The molecule has 0 saturated carbocycles. The highest BCUT2D eigenvalue weighted by Crippen LogP contribution is 2.06. The minimum absolute atomic E-state index is 0.0763. The summed E-state index contributed by atoms with van der Waals surface area (Å²) in [5.74, 6) is 4.98. The van der Waals surface area contributed by atoms with Crippen molar-refractivity contribution < 1.29 is 4.79 Å². The molecular formula is C14H21NO. The van der Waals surface area contributed by atoms with E-state index in [0.717, 1.165) is 12.8 Å². The van der Waals surface area contributed by atoms with Crippen molar-refractivity contribution in [3.8, 4) is 24.7 Å². The Balaban J connectivity index is 3.76. The van der Waals surface area contributed by atoms with Crippen LogP contribution in [0.25, 0.3) is 0 Å². The summed E-state index contributed by atoms with van der Waals surface area (Å²) in [6.45, 7) is 2.81. The number of unbranched alkanes of at least 4 members (excludes halogenated alkanes) is 4. The molecule has 1 amide bonds. The predicted octanol–water partition coefficient (Wildman–Crippen LogP) is 2.44. The van der Waals surface area contributed by atoms with Gasteiger partial charge in [-0.3, -0.25) is 4.79 Å². The fourth-order valence-corrected chi connectivity index (χ4v) is 1.49. The Morgan fingerprint density at radius 3 is 2.12 bits per heavy atom. The van der Waals surface area contributed by atoms with E-state index in [1.807, 2.05) is 0 Å². The number of amides is 1. The van der Waals surface area contributed by atoms with Crippen LogP contribution in [0.2, 0.25) is 0 Å².